The summed E-state index contributed by atoms with van der Waals surface area (Å²) in [6, 6.07) is 10.4. The first-order chi connectivity index (χ1) is 16.4. The van der Waals surface area contributed by atoms with Crippen LogP contribution in [0, 0.1) is 0 Å². The Morgan fingerprint density at radius 2 is 1.47 bits per heavy atom. The monoisotopic (exact) mass is 469 g/mol. The zero-order chi connectivity index (χ0) is 24.7. The van der Waals surface area contributed by atoms with Crippen LogP contribution in [0.25, 0.3) is 0 Å². The molecule has 3 aromatic rings. The molecule has 1 aromatic heterocycles. The van der Waals surface area contributed by atoms with Gasteiger partial charge in [0.05, 0.1) is 46.0 Å². The van der Waals surface area contributed by atoms with Crippen LogP contribution in [0.5, 0.6) is 23.0 Å². The molecule has 0 aliphatic rings. The molecule has 3 rings (SSSR count). The summed E-state index contributed by atoms with van der Waals surface area (Å²) in [6.45, 7) is -0.547. The van der Waals surface area contributed by atoms with Crippen LogP contribution in [0.2, 0.25) is 0 Å². The van der Waals surface area contributed by atoms with Crippen LogP contribution in [-0.4, -0.2) is 52.7 Å². The van der Waals surface area contributed by atoms with Crippen molar-refractivity contribution in [3.63, 3.8) is 0 Å². The highest BCUT2D eigenvalue weighted by Gasteiger charge is 2.22. The summed E-state index contributed by atoms with van der Waals surface area (Å²) in [5, 5.41) is 2.58. The quantitative estimate of drug-likeness (QED) is 0.350. The third-order valence-electron chi connectivity index (χ3n) is 4.78. The molecule has 1 N–H and O–H groups in total. The van der Waals surface area contributed by atoms with E-state index in [9.17, 15) is 14.4 Å². The molecule has 1 heterocycles. The number of anilines is 1. The standard InChI is InChI=1S/C24H23NO9/c1-29-18-8-7-14(10-20(18)30-2)17(26)13-34-24(28)15-11-21(31-3)22(32-4)12-16(15)25-23(27)19-6-5-9-33-19/h5-12H,13H2,1-4H3,(H,25,27). The first-order valence-electron chi connectivity index (χ1n) is 9.95. The van der Waals surface area contributed by atoms with E-state index in [2.05, 4.69) is 5.32 Å². The largest absolute Gasteiger partial charge is 0.493 e. The van der Waals surface area contributed by atoms with Gasteiger partial charge in [0.25, 0.3) is 5.91 Å². The summed E-state index contributed by atoms with van der Waals surface area (Å²) in [4.78, 5) is 37.9. The predicted molar refractivity (Wildman–Crippen MR) is 120 cm³/mol. The number of furan rings is 1. The maximum absolute atomic E-state index is 12.9. The highest BCUT2D eigenvalue weighted by atomic mass is 16.5. The summed E-state index contributed by atoms with van der Waals surface area (Å²) < 4.78 is 31.2. The molecule has 0 saturated carbocycles. The van der Waals surface area contributed by atoms with Gasteiger partial charge in [0.15, 0.2) is 41.1 Å². The minimum Gasteiger partial charge on any atom is -0.493 e. The van der Waals surface area contributed by atoms with Gasteiger partial charge in [-0.2, -0.15) is 0 Å². The molecule has 2 aromatic carbocycles. The normalized spacial score (nSPS) is 10.2. The van der Waals surface area contributed by atoms with Crippen LogP contribution < -0.4 is 24.3 Å². The van der Waals surface area contributed by atoms with Gasteiger partial charge in [-0.15, -0.1) is 0 Å². The molecule has 0 spiro atoms. The first-order valence-corrected chi connectivity index (χ1v) is 9.95. The van der Waals surface area contributed by atoms with E-state index < -0.39 is 24.3 Å². The third kappa shape index (κ3) is 5.29. The van der Waals surface area contributed by atoms with Gasteiger partial charge in [-0.3, -0.25) is 9.59 Å². The van der Waals surface area contributed by atoms with E-state index in [1.54, 1.807) is 12.1 Å². The van der Waals surface area contributed by atoms with E-state index in [-0.39, 0.29) is 34.1 Å². The summed E-state index contributed by atoms with van der Waals surface area (Å²) >= 11 is 0. The van der Waals surface area contributed by atoms with Crippen LogP contribution >= 0.6 is 0 Å². The lowest BCUT2D eigenvalue weighted by atomic mass is 10.1. The van der Waals surface area contributed by atoms with Crippen molar-refractivity contribution >= 4 is 23.3 Å². The summed E-state index contributed by atoms with van der Waals surface area (Å²) in [7, 11) is 5.73. The summed E-state index contributed by atoms with van der Waals surface area (Å²) in [5.41, 5.74) is 0.310. The number of amides is 1. The molecule has 10 nitrogen and oxygen atoms in total. The Morgan fingerprint density at radius 1 is 0.824 bits per heavy atom. The molecule has 0 aliphatic heterocycles. The minimum atomic E-state index is -0.857. The van der Waals surface area contributed by atoms with E-state index in [0.717, 1.165) is 0 Å². The van der Waals surface area contributed by atoms with Crippen molar-refractivity contribution < 1.29 is 42.5 Å². The third-order valence-corrected chi connectivity index (χ3v) is 4.78. The van der Waals surface area contributed by atoms with Crippen molar-refractivity contribution in [3.05, 3.63) is 65.6 Å². The number of nitrogens with one attached hydrogen (secondary N) is 1. The highest BCUT2D eigenvalue weighted by molar-refractivity contribution is 6.08. The SMILES string of the molecule is COc1ccc(C(=O)COC(=O)c2cc(OC)c(OC)cc2NC(=O)c2ccco2)cc1OC. The summed E-state index contributed by atoms with van der Waals surface area (Å²) in [6.07, 6.45) is 1.35. The fraction of sp³-hybridized carbons (Fsp3) is 0.208. The number of carbonyl (C=O) groups is 3. The number of carbonyl (C=O) groups excluding carboxylic acids is 3. The van der Waals surface area contributed by atoms with Gasteiger partial charge >= 0.3 is 5.97 Å². The highest BCUT2D eigenvalue weighted by Crippen LogP contribution is 2.34. The molecule has 0 unspecified atom stereocenters. The maximum Gasteiger partial charge on any atom is 0.340 e. The number of hydrogen-bond acceptors (Lipinski definition) is 9. The van der Waals surface area contributed by atoms with Crippen LogP contribution in [0.3, 0.4) is 0 Å². The second kappa shape index (κ2) is 10.9. The van der Waals surface area contributed by atoms with Crippen molar-refractivity contribution in [1.29, 1.82) is 0 Å². The van der Waals surface area contributed by atoms with E-state index in [0.29, 0.717) is 11.5 Å². The van der Waals surface area contributed by atoms with Gasteiger partial charge in [0.2, 0.25) is 0 Å². The number of benzene rings is 2. The number of methoxy groups -OCH3 is 4. The smallest absolute Gasteiger partial charge is 0.340 e. The number of Topliss-reactive ketones (excluding diaryl/α,β-unsaturated/α-hetero) is 1. The molecule has 0 bridgehead atoms. The molecular weight excluding hydrogens is 446 g/mol. The van der Waals surface area contributed by atoms with Crippen molar-refractivity contribution in [2.75, 3.05) is 40.4 Å². The molecule has 34 heavy (non-hydrogen) atoms. The van der Waals surface area contributed by atoms with Gasteiger partial charge in [0, 0.05) is 17.7 Å². The lowest BCUT2D eigenvalue weighted by molar-refractivity contribution is 0.0475. The average Bonchev–Trinajstić information content (AvgIpc) is 3.41. The van der Waals surface area contributed by atoms with Gasteiger partial charge in [-0.05, 0) is 30.3 Å². The molecular formula is C24H23NO9. The summed E-state index contributed by atoms with van der Waals surface area (Å²) in [5.74, 6) is -0.543. The Kier molecular flexibility index (Phi) is 7.75. The molecule has 0 aliphatic carbocycles. The lowest BCUT2D eigenvalue weighted by Crippen LogP contribution is -2.18. The van der Waals surface area contributed by atoms with Crippen LogP contribution in [0.15, 0.2) is 53.1 Å². The second-order valence-corrected chi connectivity index (χ2v) is 6.75. The Labute approximate surface area is 195 Å². The predicted octanol–water partition coefficient (Wildman–Crippen LogP) is 3.61. The van der Waals surface area contributed by atoms with E-state index in [4.69, 9.17) is 28.1 Å². The van der Waals surface area contributed by atoms with Gasteiger partial charge < -0.3 is 33.4 Å². The fourth-order valence-corrected chi connectivity index (χ4v) is 3.04. The average molecular weight is 469 g/mol. The van der Waals surface area contributed by atoms with Crippen molar-refractivity contribution in [3.8, 4) is 23.0 Å². The lowest BCUT2D eigenvalue weighted by Gasteiger charge is -2.15. The molecule has 0 radical (unpaired) electrons. The molecule has 178 valence electrons. The van der Waals surface area contributed by atoms with Crippen molar-refractivity contribution in [2.24, 2.45) is 0 Å². The van der Waals surface area contributed by atoms with Crippen LogP contribution in [0.4, 0.5) is 5.69 Å². The van der Waals surface area contributed by atoms with Gasteiger partial charge in [-0.25, -0.2) is 4.79 Å². The van der Waals surface area contributed by atoms with Gasteiger partial charge in [-0.1, -0.05) is 0 Å². The second-order valence-electron chi connectivity index (χ2n) is 6.75. The Balaban J connectivity index is 1.82. The number of esters is 1. The van der Waals surface area contributed by atoms with Gasteiger partial charge in [0.1, 0.15) is 0 Å². The number of ether oxygens (including phenoxy) is 5. The van der Waals surface area contributed by atoms with E-state index in [1.807, 2.05) is 0 Å². The molecule has 0 fully saturated rings. The Hall–Kier alpha value is -4.47. The van der Waals surface area contributed by atoms with Crippen molar-refractivity contribution in [2.45, 2.75) is 0 Å². The maximum atomic E-state index is 12.9. The number of hydrogen-bond donors (Lipinski definition) is 1. The topological polar surface area (TPSA) is 123 Å². The minimum absolute atomic E-state index is 0.0396. The number of ketones is 1. The Bertz CT molecular complexity index is 1190. The van der Waals surface area contributed by atoms with Crippen molar-refractivity contribution in [1.82, 2.24) is 0 Å². The number of rotatable bonds is 10. The van der Waals surface area contributed by atoms with Crippen LogP contribution in [-0.2, 0) is 4.74 Å². The first kappa shape index (κ1) is 24.2. The van der Waals surface area contributed by atoms with Crippen LogP contribution in [0.1, 0.15) is 31.3 Å². The fourth-order valence-electron chi connectivity index (χ4n) is 3.04. The van der Waals surface area contributed by atoms with E-state index in [1.165, 1.54) is 65.0 Å². The van der Waals surface area contributed by atoms with E-state index >= 15 is 0 Å². The molecule has 1 amide bonds. The molecule has 10 heteroatoms. The Morgan fingerprint density at radius 3 is 2.09 bits per heavy atom. The molecule has 0 saturated heterocycles. The molecule has 0 atom stereocenters. The zero-order valence-electron chi connectivity index (χ0n) is 19.0. The zero-order valence-corrected chi connectivity index (χ0v) is 19.0.